The Bertz CT molecular complexity index is 511. The summed E-state index contributed by atoms with van der Waals surface area (Å²) in [7, 11) is 0. The van der Waals surface area contributed by atoms with Gasteiger partial charge in [-0.05, 0) is 25.0 Å². The van der Waals surface area contributed by atoms with E-state index in [4.69, 9.17) is 0 Å². The quantitative estimate of drug-likeness (QED) is 0.877. The van der Waals surface area contributed by atoms with Gasteiger partial charge in [0.1, 0.15) is 0 Å². The van der Waals surface area contributed by atoms with E-state index in [9.17, 15) is 0 Å². The molecular formula is C14H19N3. The van der Waals surface area contributed by atoms with Gasteiger partial charge in [-0.15, -0.1) is 0 Å². The van der Waals surface area contributed by atoms with Crippen molar-refractivity contribution in [1.29, 1.82) is 0 Å². The number of aromatic nitrogens is 2. The molecule has 3 nitrogen and oxygen atoms in total. The van der Waals surface area contributed by atoms with Crippen molar-refractivity contribution < 1.29 is 0 Å². The van der Waals surface area contributed by atoms with Crippen molar-refractivity contribution in [2.45, 2.75) is 32.2 Å². The average molecular weight is 229 g/mol. The fraction of sp³-hybridized carbons (Fsp3) is 0.500. The summed E-state index contributed by atoms with van der Waals surface area (Å²) < 4.78 is 0. The maximum Gasteiger partial charge on any atom is 0.0653 e. The molecule has 3 rings (SSSR count). The summed E-state index contributed by atoms with van der Waals surface area (Å²) in [5.41, 5.74) is 2.61. The Morgan fingerprint density at radius 2 is 2.29 bits per heavy atom. The Kier molecular flexibility index (Phi) is 2.63. The van der Waals surface area contributed by atoms with Crippen LogP contribution in [0.3, 0.4) is 0 Å². The molecule has 0 amide bonds. The number of hydrogen-bond acceptors (Lipinski definition) is 2. The monoisotopic (exact) mass is 229 g/mol. The Morgan fingerprint density at radius 3 is 3.06 bits per heavy atom. The number of likely N-dealkylation sites (tertiary alicyclic amines) is 1. The lowest BCUT2D eigenvalue weighted by atomic mass is 9.88. The summed E-state index contributed by atoms with van der Waals surface area (Å²) >= 11 is 0. The summed E-state index contributed by atoms with van der Waals surface area (Å²) in [6.45, 7) is 6.96. The van der Waals surface area contributed by atoms with Gasteiger partial charge in [-0.2, -0.15) is 5.10 Å². The van der Waals surface area contributed by atoms with Crippen molar-refractivity contribution in [1.82, 2.24) is 15.1 Å². The van der Waals surface area contributed by atoms with Gasteiger partial charge in [0.25, 0.3) is 0 Å². The first-order valence-corrected chi connectivity index (χ1v) is 6.45. The van der Waals surface area contributed by atoms with Crippen LogP contribution in [-0.4, -0.2) is 34.2 Å². The fourth-order valence-corrected chi connectivity index (χ4v) is 2.67. The highest BCUT2D eigenvalue weighted by molar-refractivity contribution is 5.82. The normalized spacial score (nSPS) is 19.4. The Hall–Kier alpha value is -1.35. The molecule has 90 valence electrons. The van der Waals surface area contributed by atoms with Crippen LogP contribution in [0.4, 0.5) is 0 Å². The molecule has 0 spiro atoms. The number of hydrogen-bond donors (Lipinski definition) is 1. The lowest BCUT2D eigenvalue weighted by Gasteiger charge is -2.43. The van der Waals surface area contributed by atoms with E-state index >= 15 is 0 Å². The fourth-order valence-electron chi connectivity index (χ4n) is 2.67. The Morgan fingerprint density at radius 1 is 1.47 bits per heavy atom. The predicted molar refractivity (Wildman–Crippen MR) is 70.2 cm³/mol. The molecule has 1 unspecified atom stereocenters. The molecule has 1 N–H and O–H groups in total. The van der Waals surface area contributed by atoms with Crippen molar-refractivity contribution in [2.24, 2.45) is 0 Å². The van der Waals surface area contributed by atoms with E-state index in [0.717, 1.165) is 11.6 Å². The molecule has 1 atom stereocenters. The van der Waals surface area contributed by atoms with Crippen LogP contribution in [0.1, 0.15) is 31.7 Å². The molecule has 0 radical (unpaired) electrons. The second-order valence-electron chi connectivity index (χ2n) is 5.09. The largest absolute Gasteiger partial charge is 0.299 e. The molecule has 1 aliphatic heterocycles. The van der Waals surface area contributed by atoms with Crippen molar-refractivity contribution in [2.75, 3.05) is 13.1 Å². The van der Waals surface area contributed by atoms with Gasteiger partial charge >= 0.3 is 0 Å². The van der Waals surface area contributed by atoms with E-state index in [-0.39, 0.29) is 0 Å². The number of aromatic amines is 1. The van der Waals surface area contributed by atoms with Crippen LogP contribution in [0.2, 0.25) is 0 Å². The van der Waals surface area contributed by atoms with E-state index in [1.54, 1.807) is 0 Å². The van der Waals surface area contributed by atoms with Crippen LogP contribution in [0, 0.1) is 0 Å². The van der Waals surface area contributed by atoms with Gasteiger partial charge < -0.3 is 0 Å². The number of fused-ring (bicyclic) bond motifs is 1. The number of nitrogens with one attached hydrogen (secondary N) is 1. The number of benzene rings is 1. The molecule has 0 saturated carbocycles. The smallest absolute Gasteiger partial charge is 0.0653 e. The van der Waals surface area contributed by atoms with Crippen molar-refractivity contribution in [3.05, 3.63) is 30.0 Å². The summed E-state index contributed by atoms with van der Waals surface area (Å²) in [5, 5.41) is 8.47. The average Bonchev–Trinajstić information content (AvgIpc) is 2.75. The van der Waals surface area contributed by atoms with Gasteiger partial charge in [0.15, 0.2) is 0 Å². The third-order valence-electron chi connectivity index (χ3n) is 4.08. The van der Waals surface area contributed by atoms with Crippen molar-refractivity contribution in [3.63, 3.8) is 0 Å². The topological polar surface area (TPSA) is 31.9 Å². The lowest BCUT2D eigenvalue weighted by molar-refractivity contribution is 0.0988. The van der Waals surface area contributed by atoms with Crippen LogP contribution in [0.25, 0.3) is 10.9 Å². The zero-order valence-electron chi connectivity index (χ0n) is 10.5. The second kappa shape index (κ2) is 4.15. The molecule has 0 bridgehead atoms. The van der Waals surface area contributed by atoms with Crippen LogP contribution >= 0.6 is 0 Å². The Balaban J connectivity index is 1.81. The summed E-state index contributed by atoms with van der Waals surface area (Å²) in [4.78, 5) is 2.56. The zero-order chi connectivity index (χ0) is 11.8. The highest BCUT2D eigenvalue weighted by Gasteiger charge is 2.31. The van der Waals surface area contributed by atoms with Crippen LogP contribution in [0.15, 0.2) is 24.4 Å². The van der Waals surface area contributed by atoms with Crippen LogP contribution in [-0.2, 0) is 0 Å². The van der Waals surface area contributed by atoms with Crippen LogP contribution in [0.5, 0.6) is 0 Å². The SMILES string of the molecule is CCC(C)N1CC(c2cccc3[nH]ncc23)C1. The number of H-pyrrole nitrogens is 1. The number of nitrogens with zero attached hydrogens (tertiary/aromatic N) is 2. The third-order valence-corrected chi connectivity index (χ3v) is 4.08. The minimum Gasteiger partial charge on any atom is -0.299 e. The second-order valence-corrected chi connectivity index (χ2v) is 5.09. The third kappa shape index (κ3) is 1.75. The van der Waals surface area contributed by atoms with E-state index in [0.29, 0.717) is 5.92 Å². The van der Waals surface area contributed by atoms with E-state index in [1.165, 1.54) is 30.5 Å². The molecule has 1 aromatic carbocycles. The summed E-state index contributed by atoms with van der Waals surface area (Å²) in [6, 6.07) is 7.18. The lowest BCUT2D eigenvalue weighted by Crippen LogP contribution is -2.49. The highest BCUT2D eigenvalue weighted by atomic mass is 15.2. The summed E-state index contributed by atoms with van der Waals surface area (Å²) in [6.07, 6.45) is 3.19. The molecule has 1 fully saturated rings. The molecule has 3 heteroatoms. The summed E-state index contributed by atoms with van der Waals surface area (Å²) in [5.74, 6) is 0.685. The molecular weight excluding hydrogens is 210 g/mol. The van der Waals surface area contributed by atoms with Gasteiger partial charge in [0, 0.05) is 30.4 Å². The first kappa shape index (κ1) is 10.8. The van der Waals surface area contributed by atoms with Crippen molar-refractivity contribution in [3.8, 4) is 0 Å². The van der Waals surface area contributed by atoms with Crippen LogP contribution < -0.4 is 0 Å². The molecule has 1 saturated heterocycles. The molecule has 0 aliphatic carbocycles. The standard InChI is InChI=1S/C14H19N3/c1-3-10(2)17-8-11(9-17)12-5-4-6-14-13(12)7-15-16-14/h4-7,10-11H,3,8-9H2,1-2H3,(H,15,16). The van der Waals surface area contributed by atoms with E-state index < -0.39 is 0 Å². The maximum atomic E-state index is 4.13. The van der Waals surface area contributed by atoms with Gasteiger partial charge in [-0.25, -0.2) is 0 Å². The highest BCUT2D eigenvalue weighted by Crippen LogP contribution is 2.33. The zero-order valence-corrected chi connectivity index (χ0v) is 10.5. The minimum absolute atomic E-state index is 0.685. The van der Waals surface area contributed by atoms with Gasteiger partial charge in [0.2, 0.25) is 0 Å². The maximum absolute atomic E-state index is 4.13. The molecule has 2 aromatic rings. The van der Waals surface area contributed by atoms with Gasteiger partial charge in [-0.1, -0.05) is 19.1 Å². The molecule has 2 heterocycles. The van der Waals surface area contributed by atoms with Crippen molar-refractivity contribution >= 4 is 10.9 Å². The van der Waals surface area contributed by atoms with Gasteiger partial charge in [0.05, 0.1) is 11.7 Å². The minimum atomic E-state index is 0.685. The van der Waals surface area contributed by atoms with E-state index in [1.807, 2.05) is 6.20 Å². The number of rotatable bonds is 3. The Labute approximate surface area is 102 Å². The first-order chi connectivity index (χ1) is 8.29. The first-order valence-electron chi connectivity index (χ1n) is 6.45. The molecule has 1 aromatic heterocycles. The van der Waals surface area contributed by atoms with Gasteiger partial charge in [-0.3, -0.25) is 10.00 Å². The molecule has 1 aliphatic rings. The molecule has 17 heavy (non-hydrogen) atoms. The predicted octanol–water partition coefficient (Wildman–Crippen LogP) is 2.76. The van der Waals surface area contributed by atoms with E-state index in [2.05, 4.69) is 47.1 Å².